The van der Waals surface area contributed by atoms with Crippen LogP contribution in [-0.4, -0.2) is 46.6 Å². The highest BCUT2D eigenvalue weighted by molar-refractivity contribution is 5.81. The van der Waals surface area contributed by atoms with E-state index in [-0.39, 0.29) is 19.0 Å². The third-order valence-corrected chi connectivity index (χ3v) is 3.49. The van der Waals surface area contributed by atoms with Gasteiger partial charge in [0.15, 0.2) is 0 Å². The van der Waals surface area contributed by atoms with Crippen LogP contribution in [0.2, 0.25) is 0 Å². The average Bonchev–Trinajstić information content (AvgIpc) is 2.44. The molecule has 116 valence electrons. The second kappa shape index (κ2) is 6.28. The first kappa shape index (κ1) is 15.5. The molecule has 0 radical (unpaired) electrons. The number of aryl methyl sites for hydroxylation is 1. The predicted molar refractivity (Wildman–Crippen MR) is 70.6 cm³/mol. The van der Waals surface area contributed by atoms with Gasteiger partial charge < -0.3 is 10.2 Å². The number of likely N-dealkylation sites (tertiary alicyclic amines) is 1. The van der Waals surface area contributed by atoms with Gasteiger partial charge in [0.05, 0.1) is 0 Å². The lowest BCUT2D eigenvalue weighted by atomic mass is 9.97. The van der Waals surface area contributed by atoms with Crippen LogP contribution < -0.4 is 5.32 Å². The van der Waals surface area contributed by atoms with Gasteiger partial charge in [-0.25, -0.2) is 9.97 Å². The van der Waals surface area contributed by atoms with E-state index in [1.165, 1.54) is 0 Å². The van der Waals surface area contributed by atoms with Gasteiger partial charge >= 0.3 is 12.1 Å². The first-order chi connectivity index (χ1) is 9.86. The van der Waals surface area contributed by atoms with E-state index in [4.69, 9.17) is 0 Å². The first-order valence-corrected chi connectivity index (χ1v) is 6.76. The van der Waals surface area contributed by atoms with Crippen LogP contribution in [-0.2, 0) is 4.79 Å². The highest BCUT2D eigenvalue weighted by atomic mass is 19.4. The number of halogens is 3. The number of carbonyl (C=O) groups is 1. The smallest absolute Gasteiger partial charge is 0.354 e. The summed E-state index contributed by atoms with van der Waals surface area (Å²) in [6, 6.07) is 1.78. The van der Waals surface area contributed by atoms with Gasteiger partial charge in [-0.05, 0) is 31.7 Å². The van der Waals surface area contributed by atoms with Crippen molar-refractivity contribution in [3.8, 4) is 0 Å². The number of hydrogen-bond donors (Lipinski definition) is 1. The molecule has 0 aliphatic carbocycles. The van der Waals surface area contributed by atoms with Gasteiger partial charge in [0.25, 0.3) is 0 Å². The van der Waals surface area contributed by atoms with Crippen LogP contribution in [0.15, 0.2) is 12.3 Å². The third-order valence-electron chi connectivity index (χ3n) is 3.49. The van der Waals surface area contributed by atoms with Gasteiger partial charge in [-0.1, -0.05) is 0 Å². The number of alkyl halides is 3. The molecule has 0 spiro atoms. The summed E-state index contributed by atoms with van der Waals surface area (Å²) >= 11 is 0. The second-order valence-corrected chi connectivity index (χ2v) is 5.14. The molecular formula is C13H17F3N4O. The third kappa shape index (κ3) is 4.30. The summed E-state index contributed by atoms with van der Waals surface area (Å²) in [5.74, 6) is -1.01. The SMILES string of the molecule is Cc1ccnc(NCC2CCN(C(=O)C(F)(F)F)CC2)n1. The zero-order chi connectivity index (χ0) is 15.5. The highest BCUT2D eigenvalue weighted by Crippen LogP contribution is 2.23. The summed E-state index contributed by atoms with van der Waals surface area (Å²) in [6.45, 7) is 2.73. The fourth-order valence-electron chi connectivity index (χ4n) is 2.29. The minimum Gasteiger partial charge on any atom is -0.354 e. The van der Waals surface area contributed by atoms with Crippen LogP contribution in [0.3, 0.4) is 0 Å². The van der Waals surface area contributed by atoms with E-state index >= 15 is 0 Å². The standard InChI is InChI=1S/C13H17F3N4O/c1-9-2-5-17-12(19-9)18-8-10-3-6-20(7-4-10)11(21)13(14,15)16/h2,5,10H,3-4,6-8H2,1H3,(H,17,18,19). The maximum atomic E-state index is 12.3. The number of amides is 1. The predicted octanol–water partition coefficient (Wildman–Crippen LogP) is 2.00. The van der Waals surface area contributed by atoms with Crippen molar-refractivity contribution in [1.29, 1.82) is 0 Å². The maximum Gasteiger partial charge on any atom is 0.471 e. The van der Waals surface area contributed by atoms with Crippen molar-refractivity contribution < 1.29 is 18.0 Å². The van der Waals surface area contributed by atoms with Gasteiger partial charge in [-0.15, -0.1) is 0 Å². The lowest BCUT2D eigenvalue weighted by Gasteiger charge is -2.32. The number of rotatable bonds is 3. The number of nitrogens with zero attached hydrogens (tertiary/aromatic N) is 3. The molecule has 2 heterocycles. The van der Waals surface area contributed by atoms with E-state index in [9.17, 15) is 18.0 Å². The fourth-order valence-corrected chi connectivity index (χ4v) is 2.29. The number of hydrogen-bond acceptors (Lipinski definition) is 4. The van der Waals surface area contributed by atoms with Crippen LogP contribution in [0.4, 0.5) is 19.1 Å². The maximum absolute atomic E-state index is 12.3. The molecule has 1 saturated heterocycles. The summed E-state index contributed by atoms with van der Waals surface area (Å²) in [7, 11) is 0. The Kier molecular flexibility index (Phi) is 4.64. The quantitative estimate of drug-likeness (QED) is 0.928. The van der Waals surface area contributed by atoms with Crippen LogP contribution in [0.1, 0.15) is 18.5 Å². The Bertz CT molecular complexity index is 498. The lowest BCUT2D eigenvalue weighted by molar-refractivity contribution is -0.186. The summed E-state index contributed by atoms with van der Waals surface area (Å²) in [6.07, 6.45) is -2.04. The van der Waals surface area contributed by atoms with Crippen molar-refractivity contribution in [2.75, 3.05) is 25.0 Å². The van der Waals surface area contributed by atoms with Crippen molar-refractivity contribution in [3.63, 3.8) is 0 Å². The van der Waals surface area contributed by atoms with Crippen LogP contribution in [0.5, 0.6) is 0 Å². The molecule has 2 rings (SSSR count). The molecule has 0 aromatic carbocycles. The number of piperidine rings is 1. The van der Waals surface area contributed by atoms with E-state index in [1.54, 1.807) is 12.3 Å². The second-order valence-electron chi connectivity index (χ2n) is 5.14. The molecule has 1 amide bonds. The number of carbonyl (C=O) groups excluding carboxylic acids is 1. The van der Waals surface area contributed by atoms with Crippen LogP contribution >= 0.6 is 0 Å². The number of anilines is 1. The Labute approximate surface area is 120 Å². The number of nitrogens with one attached hydrogen (secondary N) is 1. The van der Waals surface area contributed by atoms with Crippen molar-refractivity contribution in [3.05, 3.63) is 18.0 Å². The normalized spacial score (nSPS) is 16.9. The molecule has 1 N–H and O–H groups in total. The van der Waals surface area contributed by atoms with Gasteiger partial charge in [-0.2, -0.15) is 13.2 Å². The minimum atomic E-state index is -4.78. The zero-order valence-corrected chi connectivity index (χ0v) is 11.7. The van der Waals surface area contributed by atoms with E-state index in [1.807, 2.05) is 6.92 Å². The van der Waals surface area contributed by atoms with E-state index < -0.39 is 12.1 Å². The van der Waals surface area contributed by atoms with Gasteiger partial charge in [-0.3, -0.25) is 4.79 Å². The molecule has 0 atom stereocenters. The number of aromatic nitrogens is 2. The van der Waals surface area contributed by atoms with Crippen molar-refractivity contribution in [2.24, 2.45) is 5.92 Å². The highest BCUT2D eigenvalue weighted by Gasteiger charge is 2.43. The van der Waals surface area contributed by atoms with E-state index in [0.717, 1.165) is 10.6 Å². The Hall–Kier alpha value is -1.86. The molecule has 5 nitrogen and oxygen atoms in total. The van der Waals surface area contributed by atoms with Crippen LogP contribution in [0, 0.1) is 12.8 Å². The van der Waals surface area contributed by atoms with Gasteiger partial charge in [0, 0.05) is 31.5 Å². The Morgan fingerprint density at radius 1 is 1.43 bits per heavy atom. The van der Waals surface area contributed by atoms with Crippen LogP contribution in [0.25, 0.3) is 0 Å². The van der Waals surface area contributed by atoms with Crippen molar-refractivity contribution in [1.82, 2.24) is 14.9 Å². The Morgan fingerprint density at radius 3 is 2.67 bits per heavy atom. The van der Waals surface area contributed by atoms with Gasteiger partial charge in [0.2, 0.25) is 5.95 Å². The molecule has 1 aromatic heterocycles. The minimum absolute atomic E-state index is 0.138. The van der Waals surface area contributed by atoms with E-state index in [2.05, 4.69) is 15.3 Å². The fraction of sp³-hybridized carbons (Fsp3) is 0.615. The molecule has 21 heavy (non-hydrogen) atoms. The molecule has 1 fully saturated rings. The van der Waals surface area contributed by atoms with E-state index in [0.29, 0.717) is 25.3 Å². The summed E-state index contributed by atoms with van der Waals surface area (Å²) in [5.41, 5.74) is 0.845. The molecule has 1 aliphatic heterocycles. The molecule has 0 unspecified atom stereocenters. The summed E-state index contributed by atoms with van der Waals surface area (Å²) in [5, 5.41) is 3.08. The molecule has 1 aromatic rings. The molecular weight excluding hydrogens is 285 g/mol. The van der Waals surface area contributed by atoms with Gasteiger partial charge in [0.1, 0.15) is 0 Å². The Morgan fingerprint density at radius 2 is 2.10 bits per heavy atom. The van der Waals surface area contributed by atoms with Crippen molar-refractivity contribution >= 4 is 11.9 Å². The first-order valence-electron chi connectivity index (χ1n) is 6.76. The largest absolute Gasteiger partial charge is 0.471 e. The summed E-state index contributed by atoms with van der Waals surface area (Å²) < 4.78 is 37.0. The molecule has 1 aliphatic rings. The Balaban J connectivity index is 1.78. The molecule has 8 heteroatoms. The molecule has 0 saturated carbocycles. The zero-order valence-electron chi connectivity index (χ0n) is 11.7. The average molecular weight is 302 g/mol. The van der Waals surface area contributed by atoms with Crippen molar-refractivity contribution in [2.45, 2.75) is 25.9 Å². The lowest BCUT2D eigenvalue weighted by Crippen LogP contribution is -2.46. The topological polar surface area (TPSA) is 58.1 Å². The monoisotopic (exact) mass is 302 g/mol. The molecule has 0 bridgehead atoms. The summed E-state index contributed by atoms with van der Waals surface area (Å²) in [4.78, 5) is 20.2.